The first-order valence-electron chi connectivity index (χ1n) is 10.9. The monoisotopic (exact) mass is 471 g/mol. The number of rotatable bonds is 4. The molecule has 0 amide bonds. The fraction of sp³-hybridized carbons (Fsp3) is 0. The Kier molecular flexibility index (Phi) is 5.91. The Hall–Kier alpha value is -5.35. The first-order valence-corrected chi connectivity index (χ1v) is 10.9. The van der Waals surface area contributed by atoms with Crippen LogP contribution in [0, 0.1) is 11.8 Å². The smallest absolute Gasteiger partial charge is 0.335 e. The van der Waals surface area contributed by atoms with Gasteiger partial charge in [0, 0.05) is 23.5 Å². The van der Waals surface area contributed by atoms with Crippen LogP contribution in [0.1, 0.15) is 31.8 Å². The van der Waals surface area contributed by atoms with Crippen molar-refractivity contribution in [3.63, 3.8) is 0 Å². The van der Waals surface area contributed by atoms with Crippen LogP contribution in [0.5, 0.6) is 0 Å². The van der Waals surface area contributed by atoms with Crippen LogP contribution in [0.15, 0.2) is 91.3 Å². The molecular weight excluding hydrogens is 454 g/mol. The summed E-state index contributed by atoms with van der Waals surface area (Å²) in [4.78, 5) is 36.2. The van der Waals surface area contributed by atoms with Gasteiger partial charge in [-0.3, -0.25) is 9.97 Å². The van der Waals surface area contributed by atoms with E-state index in [4.69, 9.17) is 0 Å². The molecule has 5 rings (SSSR count). The molecule has 0 aliphatic rings. The quantitative estimate of drug-likeness (QED) is 0.348. The highest BCUT2D eigenvalue weighted by Gasteiger charge is 2.14. The summed E-state index contributed by atoms with van der Waals surface area (Å²) >= 11 is 0. The molecule has 7 heteroatoms. The van der Waals surface area contributed by atoms with Crippen molar-refractivity contribution in [1.29, 1.82) is 0 Å². The third-order valence-electron chi connectivity index (χ3n) is 5.46. The van der Waals surface area contributed by atoms with Gasteiger partial charge in [-0.05, 0) is 59.3 Å². The number of hydrogen-bond acceptors (Lipinski definition) is 5. The predicted octanol–water partition coefficient (Wildman–Crippen LogP) is 5.16. The molecule has 0 bridgehead atoms. The average molecular weight is 471 g/mol. The van der Waals surface area contributed by atoms with Crippen LogP contribution in [0.2, 0.25) is 0 Å². The lowest BCUT2D eigenvalue weighted by molar-refractivity contribution is 0.0686. The van der Waals surface area contributed by atoms with E-state index in [1.54, 1.807) is 18.3 Å². The maximum Gasteiger partial charge on any atom is 0.335 e. The lowest BCUT2D eigenvalue weighted by Crippen LogP contribution is -2.02. The number of aromatic carboxylic acids is 2. The Bertz CT molecular complexity index is 1720. The molecular formula is C29H17N3O4. The standard InChI is InChI=1S/C29H17N3O4/c33-28(34)22-10-12-31-25(15-22)27-17-23(29(35)36)16-26(32-27)24-14-19(9-11-30-24)6-5-18-7-8-20-3-1-2-4-21(20)13-18/h1-4,7-17H,(H,33,34)(H,35,36). The molecule has 0 aliphatic heterocycles. The molecule has 5 aromatic rings. The number of pyridine rings is 3. The van der Waals surface area contributed by atoms with E-state index in [0.29, 0.717) is 17.0 Å². The molecule has 0 saturated heterocycles. The van der Waals surface area contributed by atoms with Gasteiger partial charge in [0.25, 0.3) is 0 Å². The number of nitrogens with zero attached hydrogens (tertiary/aromatic N) is 3. The number of aromatic nitrogens is 3. The van der Waals surface area contributed by atoms with Crippen LogP contribution in [0.4, 0.5) is 0 Å². The van der Waals surface area contributed by atoms with Crippen molar-refractivity contribution < 1.29 is 19.8 Å². The second kappa shape index (κ2) is 9.49. The first kappa shape index (κ1) is 22.4. The van der Waals surface area contributed by atoms with Gasteiger partial charge in [-0.25, -0.2) is 14.6 Å². The zero-order valence-corrected chi connectivity index (χ0v) is 18.7. The molecule has 3 aromatic heterocycles. The molecule has 0 spiro atoms. The Morgan fingerprint density at radius 1 is 0.583 bits per heavy atom. The Balaban J connectivity index is 1.53. The summed E-state index contributed by atoms with van der Waals surface area (Å²) in [5.74, 6) is 4.02. The molecule has 0 fully saturated rings. The van der Waals surface area contributed by atoms with E-state index in [0.717, 1.165) is 16.3 Å². The van der Waals surface area contributed by atoms with Crippen molar-refractivity contribution in [3.8, 4) is 34.6 Å². The minimum atomic E-state index is -1.15. The van der Waals surface area contributed by atoms with Gasteiger partial charge in [0.1, 0.15) is 0 Å². The number of hydrogen-bond donors (Lipinski definition) is 2. The molecule has 0 radical (unpaired) electrons. The summed E-state index contributed by atoms with van der Waals surface area (Å²) in [5.41, 5.74) is 2.75. The summed E-state index contributed by atoms with van der Waals surface area (Å²) in [6.45, 7) is 0. The fourth-order valence-electron chi connectivity index (χ4n) is 3.68. The molecule has 0 unspecified atom stereocenters. The minimum Gasteiger partial charge on any atom is -0.478 e. The van der Waals surface area contributed by atoms with Crippen LogP contribution < -0.4 is 0 Å². The molecule has 0 saturated carbocycles. The minimum absolute atomic E-state index is 0.0213. The normalized spacial score (nSPS) is 10.4. The molecule has 7 nitrogen and oxygen atoms in total. The number of carboxylic acids is 2. The number of carboxylic acid groups (broad SMARTS) is 2. The van der Waals surface area contributed by atoms with Crippen LogP contribution in [-0.4, -0.2) is 37.1 Å². The summed E-state index contributed by atoms with van der Waals surface area (Å²) in [6, 6.07) is 23.0. The number of carbonyl (C=O) groups is 2. The lowest BCUT2D eigenvalue weighted by Gasteiger charge is -2.07. The Labute approximate surface area is 205 Å². The highest BCUT2D eigenvalue weighted by Crippen LogP contribution is 2.24. The predicted molar refractivity (Wildman–Crippen MR) is 135 cm³/mol. The van der Waals surface area contributed by atoms with Gasteiger partial charge in [-0.1, -0.05) is 42.2 Å². The molecule has 36 heavy (non-hydrogen) atoms. The molecule has 2 aromatic carbocycles. The van der Waals surface area contributed by atoms with E-state index in [1.165, 1.54) is 30.5 Å². The maximum atomic E-state index is 11.8. The van der Waals surface area contributed by atoms with Crippen molar-refractivity contribution >= 4 is 22.7 Å². The van der Waals surface area contributed by atoms with Crippen LogP contribution in [-0.2, 0) is 0 Å². The topological polar surface area (TPSA) is 113 Å². The number of benzene rings is 2. The summed E-state index contributed by atoms with van der Waals surface area (Å²) in [6.07, 6.45) is 2.92. The van der Waals surface area contributed by atoms with E-state index in [1.807, 2.05) is 42.5 Å². The zero-order valence-electron chi connectivity index (χ0n) is 18.7. The van der Waals surface area contributed by atoms with Crippen molar-refractivity contribution in [2.24, 2.45) is 0 Å². The molecule has 0 atom stereocenters. The first-order chi connectivity index (χ1) is 17.5. The highest BCUT2D eigenvalue weighted by atomic mass is 16.4. The van der Waals surface area contributed by atoms with Gasteiger partial charge in [0.15, 0.2) is 0 Å². The van der Waals surface area contributed by atoms with Gasteiger partial charge in [0.05, 0.1) is 33.9 Å². The van der Waals surface area contributed by atoms with Crippen molar-refractivity contribution in [2.75, 3.05) is 0 Å². The van der Waals surface area contributed by atoms with Gasteiger partial charge in [-0.2, -0.15) is 0 Å². The second-order valence-corrected chi connectivity index (χ2v) is 7.91. The van der Waals surface area contributed by atoms with Gasteiger partial charge >= 0.3 is 11.9 Å². The molecule has 3 heterocycles. The average Bonchev–Trinajstić information content (AvgIpc) is 2.91. The fourth-order valence-corrected chi connectivity index (χ4v) is 3.68. The molecule has 2 N–H and O–H groups in total. The third-order valence-corrected chi connectivity index (χ3v) is 5.46. The summed E-state index contributed by atoms with van der Waals surface area (Å²) < 4.78 is 0. The second-order valence-electron chi connectivity index (χ2n) is 7.91. The third kappa shape index (κ3) is 4.79. The van der Waals surface area contributed by atoms with Crippen molar-refractivity contribution in [1.82, 2.24) is 15.0 Å². The van der Waals surface area contributed by atoms with E-state index < -0.39 is 11.9 Å². The summed E-state index contributed by atoms with van der Waals surface area (Å²) in [7, 11) is 0. The van der Waals surface area contributed by atoms with Gasteiger partial charge in [-0.15, -0.1) is 0 Å². The van der Waals surface area contributed by atoms with Crippen LogP contribution in [0.3, 0.4) is 0 Å². The molecule has 172 valence electrons. The van der Waals surface area contributed by atoms with Crippen LogP contribution >= 0.6 is 0 Å². The van der Waals surface area contributed by atoms with E-state index in [9.17, 15) is 19.8 Å². The SMILES string of the molecule is O=C(O)c1ccnc(-c2cc(C(=O)O)cc(-c3cc(C#Cc4ccc5ccccc5c4)ccn3)n2)c1. The van der Waals surface area contributed by atoms with E-state index in [-0.39, 0.29) is 22.5 Å². The van der Waals surface area contributed by atoms with Gasteiger partial charge in [0.2, 0.25) is 0 Å². The van der Waals surface area contributed by atoms with Crippen LogP contribution in [0.25, 0.3) is 33.5 Å². The highest BCUT2D eigenvalue weighted by molar-refractivity contribution is 5.91. The maximum absolute atomic E-state index is 11.8. The zero-order chi connectivity index (χ0) is 25.1. The van der Waals surface area contributed by atoms with Crippen molar-refractivity contribution in [2.45, 2.75) is 0 Å². The summed E-state index contributed by atoms with van der Waals surface area (Å²) in [5, 5.41) is 21.1. The Morgan fingerprint density at radius 2 is 1.17 bits per heavy atom. The molecule has 0 aliphatic carbocycles. The number of fused-ring (bicyclic) bond motifs is 1. The lowest BCUT2D eigenvalue weighted by atomic mass is 10.1. The van der Waals surface area contributed by atoms with E-state index >= 15 is 0 Å². The Morgan fingerprint density at radius 3 is 1.86 bits per heavy atom. The van der Waals surface area contributed by atoms with Gasteiger partial charge < -0.3 is 10.2 Å². The largest absolute Gasteiger partial charge is 0.478 e. The van der Waals surface area contributed by atoms with Crippen molar-refractivity contribution in [3.05, 3.63) is 114 Å². The van der Waals surface area contributed by atoms with E-state index in [2.05, 4.69) is 26.8 Å².